The third kappa shape index (κ3) is 4.46. The second-order valence-electron chi connectivity index (χ2n) is 12.1. The summed E-state index contributed by atoms with van der Waals surface area (Å²) >= 11 is 0. The number of hydrogen-bond donors (Lipinski definition) is 2. The van der Waals surface area contributed by atoms with Gasteiger partial charge >= 0.3 is 5.97 Å². The molecule has 10 nitrogen and oxygen atoms in total. The van der Waals surface area contributed by atoms with Crippen LogP contribution in [0.25, 0.3) is 5.69 Å². The second kappa shape index (κ2) is 10.0. The summed E-state index contributed by atoms with van der Waals surface area (Å²) in [5.74, 6) is -1.80. The summed E-state index contributed by atoms with van der Waals surface area (Å²) in [6, 6.07) is 22.2. The zero-order valence-corrected chi connectivity index (χ0v) is 24.0. The maximum atomic E-state index is 13.8. The molecular weight excluding hydrogens is 560 g/mol. The highest BCUT2D eigenvalue weighted by molar-refractivity contribution is 6.22. The third-order valence-corrected chi connectivity index (χ3v) is 8.32. The predicted molar refractivity (Wildman–Crippen MR) is 161 cm³/mol. The number of amides is 2. The number of esters is 1. The standard InChI is InChI=1S/C34H28N4O6/c1-34(2)16-24-28(25(39)17-34)27(29-30(35-24)36-38(33(29)43)20-8-4-3-5-9-20)19-12-14-21(15-13-19)44-26(40)18-37-31(41)22-10-6-7-11-23(22)32(37)42/h3-15,27,35-36H,16-18H2,1-2H3. The number of imide groups is 1. The smallest absolute Gasteiger partial charge is 0.331 e. The minimum atomic E-state index is -0.775. The van der Waals surface area contributed by atoms with Gasteiger partial charge in [0.1, 0.15) is 18.1 Å². The van der Waals surface area contributed by atoms with Crippen molar-refractivity contribution >= 4 is 29.4 Å². The Labute approximate surface area is 251 Å². The molecule has 220 valence electrons. The molecule has 2 N–H and O–H groups in total. The second-order valence-corrected chi connectivity index (χ2v) is 12.1. The number of anilines is 1. The first kappa shape index (κ1) is 27.3. The van der Waals surface area contributed by atoms with Crippen molar-refractivity contribution in [3.63, 3.8) is 0 Å². The van der Waals surface area contributed by atoms with Crippen LogP contribution >= 0.6 is 0 Å². The molecule has 44 heavy (non-hydrogen) atoms. The molecule has 2 amide bonds. The fraction of sp³-hybridized carbons (Fsp3) is 0.206. The molecule has 2 aliphatic heterocycles. The van der Waals surface area contributed by atoms with Crippen LogP contribution in [0, 0.1) is 5.41 Å². The van der Waals surface area contributed by atoms with Gasteiger partial charge in [-0.05, 0) is 53.8 Å². The van der Waals surface area contributed by atoms with Crippen LogP contribution in [-0.2, 0) is 9.59 Å². The molecule has 1 unspecified atom stereocenters. The van der Waals surface area contributed by atoms with Gasteiger partial charge in [-0.3, -0.25) is 29.2 Å². The van der Waals surface area contributed by atoms with E-state index >= 15 is 0 Å². The summed E-state index contributed by atoms with van der Waals surface area (Å²) in [6.45, 7) is 3.56. The average Bonchev–Trinajstić information content (AvgIpc) is 3.45. The van der Waals surface area contributed by atoms with Gasteiger partial charge in [0.05, 0.1) is 22.4 Å². The number of ketones is 1. The first-order valence-corrected chi connectivity index (χ1v) is 14.3. The lowest BCUT2D eigenvalue weighted by molar-refractivity contribution is -0.134. The van der Waals surface area contributed by atoms with Crippen LogP contribution in [0.1, 0.15) is 64.4 Å². The van der Waals surface area contributed by atoms with Crippen molar-refractivity contribution in [3.8, 4) is 11.4 Å². The number of benzene rings is 3. The van der Waals surface area contributed by atoms with E-state index in [0.717, 1.165) is 10.6 Å². The number of aromatic amines is 1. The molecule has 10 heteroatoms. The molecule has 0 spiro atoms. The maximum Gasteiger partial charge on any atom is 0.331 e. The Bertz CT molecular complexity index is 1930. The lowest BCUT2D eigenvalue weighted by Crippen LogP contribution is -2.36. The Morgan fingerprint density at radius 1 is 0.864 bits per heavy atom. The molecule has 0 saturated carbocycles. The highest BCUT2D eigenvalue weighted by atomic mass is 16.5. The van der Waals surface area contributed by atoms with Gasteiger partial charge in [0, 0.05) is 23.6 Å². The van der Waals surface area contributed by atoms with E-state index in [1.54, 1.807) is 48.5 Å². The van der Waals surface area contributed by atoms with E-state index in [4.69, 9.17) is 4.74 Å². The molecule has 0 saturated heterocycles. The van der Waals surface area contributed by atoms with E-state index < -0.39 is 30.2 Å². The largest absolute Gasteiger partial charge is 0.425 e. The minimum Gasteiger partial charge on any atom is -0.425 e. The van der Waals surface area contributed by atoms with Gasteiger partial charge in [-0.15, -0.1) is 0 Å². The number of H-pyrrole nitrogens is 1. The number of ether oxygens (including phenoxy) is 1. The number of para-hydroxylation sites is 1. The molecule has 3 aromatic carbocycles. The van der Waals surface area contributed by atoms with Gasteiger partial charge in [0.15, 0.2) is 5.78 Å². The minimum absolute atomic E-state index is 0.0253. The molecule has 0 radical (unpaired) electrons. The van der Waals surface area contributed by atoms with E-state index in [2.05, 4.69) is 10.4 Å². The zero-order valence-electron chi connectivity index (χ0n) is 24.0. The number of carbonyl (C=O) groups excluding carboxylic acids is 4. The van der Waals surface area contributed by atoms with Crippen LogP contribution in [0.2, 0.25) is 0 Å². The van der Waals surface area contributed by atoms with E-state index in [1.165, 1.54) is 4.68 Å². The summed E-state index contributed by atoms with van der Waals surface area (Å²) in [6.07, 6.45) is 0.986. The van der Waals surface area contributed by atoms with Crippen LogP contribution in [0.15, 0.2) is 94.9 Å². The summed E-state index contributed by atoms with van der Waals surface area (Å²) in [7, 11) is 0. The number of fused-ring (bicyclic) bond motifs is 2. The predicted octanol–water partition coefficient (Wildman–Crippen LogP) is 4.57. The third-order valence-electron chi connectivity index (χ3n) is 8.32. The molecule has 0 fully saturated rings. The molecule has 1 aromatic heterocycles. The molecular formula is C34H28N4O6. The van der Waals surface area contributed by atoms with Crippen LogP contribution in [-0.4, -0.2) is 44.8 Å². The summed E-state index contributed by atoms with van der Waals surface area (Å²) in [5, 5.41) is 6.55. The van der Waals surface area contributed by atoms with Gasteiger partial charge in [0.2, 0.25) is 0 Å². The fourth-order valence-electron chi connectivity index (χ4n) is 6.39. The van der Waals surface area contributed by atoms with Gasteiger partial charge < -0.3 is 10.1 Å². The van der Waals surface area contributed by atoms with Crippen LogP contribution < -0.4 is 15.6 Å². The number of rotatable bonds is 5. The lowest BCUT2D eigenvalue weighted by atomic mass is 9.69. The number of nitrogens with one attached hydrogen (secondary N) is 2. The van der Waals surface area contributed by atoms with Crippen molar-refractivity contribution in [1.82, 2.24) is 14.7 Å². The van der Waals surface area contributed by atoms with Crippen LogP contribution in [0.3, 0.4) is 0 Å². The fourth-order valence-corrected chi connectivity index (χ4v) is 6.39. The summed E-state index contributed by atoms with van der Waals surface area (Å²) < 4.78 is 6.94. The first-order chi connectivity index (χ1) is 21.1. The topological polar surface area (TPSA) is 131 Å². The number of carbonyl (C=O) groups is 4. The Hall–Kier alpha value is -5.51. The van der Waals surface area contributed by atoms with E-state index in [-0.39, 0.29) is 33.6 Å². The van der Waals surface area contributed by atoms with E-state index in [9.17, 15) is 24.0 Å². The highest BCUT2D eigenvalue weighted by Gasteiger charge is 2.43. The van der Waals surface area contributed by atoms with E-state index in [1.807, 2.05) is 44.2 Å². The first-order valence-electron chi connectivity index (χ1n) is 14.3. The van der Waals surface area contributed by atoms with Crippen molar-refractivity contribution in [3.05, 3.63) is 123 Å². The normalized spacial score (nSPS) is 18.5. The number of aromatic nitrogens is 2. The number of nitrogens with zero attached hydrogens (tertiary/aromatic N) is 2. The van der Waals surface area contributed by atoms with Crippen LogP contribution in [0.4, 0.5) is 5.82 Å². The van der Waals surface area contributed by atoms with Gasteiger partial charge in [0.25, 0.3) is 17.4 Å². The van der Waals surface area contributed by atoms with Crippen LogP contribution in [0.5, 0.6) is 5.75 Å². The van der Waals surface area contributed by atoms with Gasteiger partial charge in [-0.1, -0.05) is 56.3 Å². The van der Waals surface area contributed by atoms with Crippen molar-refractivity contribution in [2.75, 3.05) is 11.9 Å². The number of Topliss-reactive ketones (excluding diaryl/α,β-unsaturated/α-hetero) is 1. The molecule has 7 rings (SSSR count). The van der Waals surface area contributed by atoms with Crippen molar-refractivity contribution < 1.29 is 23.9 Å². The molecule has 0 bridgehead atoms. The molecule has 3 heterocycles. The van der Waals surface area contributed by atoms with Crippen molar-refractivity contribution in [2.24, 2.45) is 5.41 Å². The zero-order chi connectivity index (χ0) is 30.7. The summed E-state index contributed by atoms with van der Waals surface area (Å²) in [4.78, 5) is 66.4. The number of allylic oxidation sites excluding steroid dienone is 2. The molecule has 1 aliphatic carbocycles. The van der Waals surface area contributed by atoms with E-state index in [0.29, 0.717) is 41.0 Å². The Kier molecular flexibility index (Phi) is 6.24. The van der Waals surface area contributed by atoms with Gasteiger partial charge in [-0.25, -0.2) is 9.48 Å². The van der Waals surface area contributed by atoms with Crippen molar-refractivity contribution in [1.29, 1.82) is 0 Å². The lowest BCUT2D eigenvalue weighted by Gasteiger charge is -2.37. The SMILES string of the molecule is CC1(C)CC(=O)C2=C(C1)Nc1[nH]n(-c3ccccc3)c(=O)c1C2c1ccc(OC(=O)CN2C(=O)c3ccccc3C2=O)cc1. The Morgan fingerprint density at radius 2 is 1.50 bits per heavy atom. The van der Waals surface area contributed by atoms with Crippen molar-refractivity contribution in [2.45, 2.75) is 32.6 Å². The molecule has 1 atom stereocenters. The summed E-state index contributed by atoms with van der Waals surface area (Å²) in [5.41, 5.74) is 3.10. The highest BCUT2D eigenvalue weighted by Crippen LogP contribution is 2.48. The maximum absolute atomic E-state index is 13.8. The van der Waals surface area contributed by atoms with Gasteiger partial charge in [-0.2, -0.15) is 0 Å². The number of hydrogen-bond acceptors (Lipinski definition) is 7. The Balaban J connectivity index is 1.19. The quantitative estimate of drug-likeness (QED) is 0.198. The molecule has 3 aliphatic rings. The molecule has 4 aromatic rings. The monoisotopic (exact) mass is 588 g/mol. The average molecular weight is 589 g/mol. The Morgan fingerprint density at radius 3 is 2.16 bits per heavy atom.